The van der Waals surface area contributed by atoms with Gasteiger partial charge in [0, 0.05) is 29.1 Å². The van der Waals surface area contributed by atoms with Crippen LogP contribution >= 0.6 is 11.6 Å². The van der Waals surface area contributed by atoms with Crippen LogP contribution in [-0.2, 0) is 28.2 Å². The highest BCUT2D eigenvalue weighted by atomic mass is 35.5. The van der Waals surface area contributed by atoms with E-state index in [2.05, 4.69) is 17.4 Å². The molecule has 0 spiro atoms. The van der Waals surface area contributed by atoms with Crippen LogP contribution in [0.2, 0.25) is 5.02 Å². The van der Waals surface area contributed by atoms with Crippen LogP contribution in [0, 0.1) is 0 Å². The molecule has 0 bridgehead atoms. The molecule has 184 valence electrons. The van der Waals surface area contributed by atoms with E-state index >= 15 is 0 Å². The van der Waals surface area contributed by atoms with Crippen molar-refractivity contribution in [3.63, 3.8) is 0 Å². The van der Waals surface area contributed by atoms with Crippen molar-refractivity contribution in [1.82, 2.24) is 5.32 Å². The SMILES string of the molecule is O=C1OC(NCc2ccccc2)(c2ccc(Cl)cc2)C(Cc2ccccc2)=C1c1ccc2c(c1)OCO2. The molecule has 37 heavy (non-hydrogen) atoms. The van der Waals surface area contributed by atoms with Gasteiger partial charge in [-0.25, -0.2) is 4.79 Å². The number of halogens is 1. The summed E-state index contributed by atoms with van der Waals surface area (Å²) in [7, 11) is 0. The van der Waals surface area contributed by atoms with Crippen molar-refractivity contribution < 1.29 is 19.0 Å². The molecule has 0 saturated carbocycles. The molecular weight excluding hydrogens is 486 g/mol. The molecule has 0 aliphatic carbocycles. The molecule has 0 aromatic heterocycles. The molecule has 6 heteroatoms. The molecule has 4 aromatic carbocycles. The van der Waals surface area contributed by atoms with Crippen LogP contribution in [-0.4, -0.2) is 12.8 Å². The van der Waals surface area contributed by atoms with Crippen LogP contribution in [0.3, 0.4) is 0 Å². The standard InChI is InChI=1S/C31H24ClNO4/c32-25-14-12-24(13-15-25)31(33-19-22-9-5-2-6-10-22)26(17-21-7-3-1-4-8-21)29(30(34)37-31)23-11-16-27-28(18-23)36-20-35-27/h1-16,18,33H,17,19-20H2. The molecule has 0 amide bonds. The van der Waals surface area contributed by atoms with Gasteiger partial charge in [-0.05, 0) is 41.0 Å². The number of carbonyl (C=O) groups is 1. The summed E-state index contributed by atoms with van der Waals surface area (Å²) in [4.78, 5) is 13.7. The van der Waals surface area contributed by atoms with Gasteiger partial charge in [-0.15, -0.1) is 0 Å². The highest BCUT2D eigenvalue weighted by molar-refractivity contribution is 6.30. The Labute approximate surface area is 220 Å². The molecule has 0 fully saturated rings. The van der Waals surface area contributed by atoms with Gasteiger partial charge in [0.25, 0.3) is 0 Å². The van der Waals surface area contributed by atoms with Gasteiger partial charge in [0.2, 0.25) is 12.5 Å². The number of nitrogens with one attached hydrogen (secondary N) is 1. The maximum Gasteiger partial charge on any atom is 0.341 e. The van der Waals surface area contributed by atoms with E-state index in [1.54, 1.807) is 0 Å². The predicted molar refractivity (Wildman–Crippen MR) is 142 cm³/mol. The van der Waals surface area contributed by atoms with Crippen molar-refractivity contribution in [3.8, 4) is 11.5 Å². The zero-order valence-electron chi connectivity index (χ0n) is 19.9. The van der Waals surface area contributed by atoms with Crippen LogP contribution in [0.15, 0.2) is 109 Å². The summed E-state index contributed by atoms with van der Waals surface area (Å²) in [5.74, 6) is 0.866. The number of hydrogen-bond acceptors (Lipinski definition) is 5. The van der Waals surface area contributed by atoms with E-state index in [0.717, 1.165) is 27.8 Å². The van der Waals surface area contributed by atoms with Gasteiger partial charge >= 0.3 is 5.97 Å². The monoisotopic (exact) mass is 509 g/mol. The Morgan fingerprint density at radius 1 is 0.784 bits per heavy atom. The van der Waals surface area contributed by atoms with Crippen molar-refractivity contribution in [2.75, 3.05) is 6.79 Å². The first-order valence-corrected chi connectivity index (χ1v) is 12.5. The molecule has 2 aliphatic rings. The topological polar surface area (TPSA) is 56.8 Å². The Balaban J connectivity index is 1.54. The second-order valence-electron chi connectivity index (χ2n) is 9.00. The first-order chi connectivity index (χ1) is 18.1. The second kappa shape index (κ2) is 9.77. The van der Waals surface area contributed by atoms with Gasteiger partial charge < -0.3 is 14.2 Å². The van der Waals surface area contributed by atoms with Crippen LogP contribution in [0.5, 0.6) is 11.5 Å². The van der Waals surface area contributed by atoms with Gasteiger partial charge in [0.05, 0.1) is 5.57 Å². The van der Waals surface area contributed by atoms with Crippen LogP contribution in [0.4, 0.5) is 0 Å². The molecular formula is C31H24ClNO4. The van der Waals surface area contributed by atoms with E-state index < -0.39 is 11.7 Å². The second-order valence-corrected chi connectivity index (χ2v) is 9.44. The molecule has 1 N–H and O–H groups in total. The van der Waals surface area contributed by atoms with Gasteiger partial charge in [-0.3, -0.25) is 5.32 Å². The minimum Gasteiger partial charge on any atom is -0.454 e. The van der Waals surface area contributed by atoms with Crippen LogP contribution in [0.1, 0.15) is 22.3 Å². The number of benzene rings is 4. The summed E-state index contributed by atoms with van der Waals surface area (Å²) >= 11 is 6.24. The smallest absolute Gasteiger partial charge is 0.341 e. The van der Waals surface area contributed by atoms with Gasteiger partial charge in [0.15, 0.2) is 11.5 Å². The van der Waals surface area contributed by atoms with E-state index in [-0.39, 0.29) is 6.79 Å². The lowest BCUT2D eigenvalue weighted by molar-refractivity contribution is -0.149. The largest absolute Gasteiger partial charge is 0.454 e. The third kappa shape index (κ3) is 4.48. The highest BCUT2D eigenvalue weighted by Gasteiger charge is 2.49. The number of rotatable bonds is 7. The molecule has 2 heterocycles. The lowest BCUT2D eigenvalue weighted by Gasteiger charge is -2.33. The summed E-state index contributed by atoms with van der Waals surface area (Å²) in [6.45, 7) is 0.649. The quantitative estimate of drug-likeness (QED) is 0.298. The van der Waals surface area contributed by atoms with E-state index in [1.165, 1.54) is 0 Å². The number of fused-ring (bicyclic) bond motifs is 1. The van der Waals surface area contributed by atoms with E-state index in [4.69, 9.17) is 25.8 Å². The fraction of sp³-hybridized carbons (Fsp3) is 0.129. The molecule has 1 atom stereocenters. The van der Waals surface area contributed by atoms with Gasteiger partial charge in [0.1, 0.15) is 0 Å². The number of cyclic esters (lactones) is 1. The third-order valence-corrected chi connectivity index (χ3v) is 6.95. The number of esters is 1. The Kier molecular flexibility index (Phi) is 6.16. The number of hydrogen-bond donors (Lipinski definition) is 1. The average molecular weight is 510 g/mol. The summed E-state index contributed by atoms with van der Waals surface area (Å²) in [5.41, 5.74) is 3.79. The van der Waals surface area contributed by atoms with Crippen molar-refractivity contribution >= 4 is 23.1 Å². The van der Waals surface area contributed by atoms with Crippen LogP contribution < -0.4 is 14.8 Å². The zero-order chi connectivity index (χ0) is 25.2. The molecule has 1 unspecified atom stereocenters. The summed E-state index contributed by atoms with van der Waals surface area (Å²) in [6.07, 6.45) is 0.501. The number of ether oxygens (including phenoxy) is 3. The maximum atomic E-state index is 13.7. The van der Waals surface area contributed by atoms with Gasteiger partial charge in [-0.1, -0.05) is 90.5 Å². The third-order valence-electron chi connectivity index (χ3n) is 6.70. The van der Waals surface area contributed by atoms with Crippen molar-refractivity contribution in [2.24, 2.45) is 0 Å². The summed E-state index contributed by atoms with van der Waals surface area (Å²) < 4.78 is 17.4. The predicted octanol–water partition coefficient (Wildman–Crippen LogP) is 6.26. The molecule has 6 rings (SSSR count). The van der Waals surface area contributed by atoms with Crippen molar-refractivity contribution in [2.45, 2.75) is 18.7 Å². The van der Waals surface area contributed by atoms with Crippen molar-refractivity contribution in [3.05, 3.63) is 136 Å². The molecule has 4 aromatic rings. The molecule has 0 radical (unpaired) electrons. The fourth-order valence-electron chi connectivity index (χ4n) is 4.89. The first kappa shape index (κ1) is 23.3. The molecule has 5 nitrogen and oxygen atoms in total. The Morgan fingerprint density at radius 3 is 2.19 bits per heavy atom. The maximum absolute atomic E-state index is 13.7. The normalized spacial score (nSPS) is 18.2. The average Bonchev–Trinajstić information content (AvgIpc) is 3.51. The van der Waals surface area contributed by atoms with Crippen molar-refractivity contribution in [1.29, 1.82) is 0 Å². The molecule has 2 aliphatic heterocycles. The summed E-state index contributed by atoms with van der Waals surface area (Å²) in [5, 5.41) is 4.21. The van der Waals surface area contributed by atoms with Crippen LogP contribution in [0.25, 0.3) is 5.57 Å². The first-order valence-electron chi connectivity index (χ1n) is 12.1. The molecule has 0 saturated heterocycles. The Morgan fingerprint density at radius 2 is 1.46 bits per heavy atom. The minimum atomic E-state index is -1.20. The van der Waals surface area contributed by atoms with Gasteiger partial charge in [-0.2, -0.15) is 0 Å². The highest BCUT2D eigenvalue weighted by Crippen LogP contribution is 2.46. The van der Waals surface area contributed by atoms with E-state index in [9.17, 15) is 4.79 Å². The minimum absolute atomic E-state index is 0.159. The number of carbonyl (C=O) groups excluding carboxylic acids is 1. The Bertz CT molecular complexity index is 1470. The van der Waals surface area contributed by atoms with E-state index in [1.807, 2.05) is 91.0 Å². The van der Waals surface area contributed by atoms with E-state index in [0.29, 0.717) is 35.1 Å². The Hall–Kier alpha value is -4.06. The summed E-state index contributed by atoms with van der Waals surface area (Å²) in [6, 6.07) is 33.1. The lowest BCUT2D eigenvalue weighted by Crippen LogP contribution is -2.44. The lowest BCUT2D eigenvalue weighted by atomic mass is 9.85. The fourth-order valence-corrected chi connectivity index (χ4v) is 5.02. The zero-order valence-corrected chi connectivity index (χ0v) is 20.7.